The monoisotopic (exact) mass is 380 g/mol. The van der Waals surface area contributed by atoms with E-state index < -0.39 is 0 Å². The number of rotatable bonds is 7. The fourth-order valence-electron chi connectivity index (χ4n) is 2.84. The van der Waals surface area contributed by atoms with Gasteiger partial charge >= 0.3 is 0 Å². The molecule has 1 aliphatic rings. The predicted octanol–water partition coefficient (Wildman–Crippen LogP) is 2.62. The van der Waals surface area contributed by atoms with Gasteiger partial charge in [-0.15, -0.1) is 0 Å². The first-order chi connectivity index (χ1) is 13.8. The molecule has 0 saturated carbocycles. The zero-order valence-electron chi connectivity index (χ0n) is 15.2. The molecule has 0 radical (unpaired) electrons. The number of carbonyl (C=O) groups excluding carboxylic acids is 1. The number of nitrogens with zero attached hydrogens (tertiary/aromatic N) is 3. The molecule has 2 aromatic heterocycles. The van der Waals surface area contributed by atoms with Crippen LogP contribution in [0.5, 0.6) is 5.88 Å². The SMILES string of the molecule is O=C(NCc1nc(-c2ccccc2)no1)c1ccc(OC[C@H]2CCCO2)nc1. The van der Waals surface area contributed by atoms with E-state index in [-0.39, 0.29) is 18.6 Å². The Morgan fingerprint density at radius 2 is 2.11 bits per heavy atom. The van der Waals surface area contributed by atoms with Crippen LogP contribution in [0.1, 0.15) is 29.1 Å². The molecule has 8 heteroatoms. The van der Waals surface area contributed by atoms with Crippen molar-refractivity contribution in [3.63, 3.8) is 0 Å². The van der Waals surface area contributed by atoms with Gasteiger partial charge in [-0.3, -0.25) is 4.79 Å². The first-order valence-electron chi connectivity index (χ1n) is 9.14. The third-order valence-electron chi connectivity index (χ3n) is 4.34. The molecular formula is C20H20N4O4. The van der Waals surface area contributed by atoms with E-state index in [9.17, 15) is 4.79 Å². The van der Waals surface area contributed by atoms with Gasteiger partial charge in [0.1, 0.15) is 6.61 Å². The van der Waals surface area contributed by atoms with Crippen molar-refractivity contribution < 1.29 is 18.8 Å². The average Bonchev–Trinajstić information content (AvgIpc) is 3.44. The van der Waals surface area contributed by atoms with Crippen molar-refractivity contribution in [2.45, 2.75) is 25.5 Å². The summed E-state index contributed by atoms with van der Waals surface area (Å²) < 4.78 is 16.3. The number of hydrogen-bond acceptors (Lipinski definition) is 7. The van der Waals surface area contributed by atoms with Gasteiger partial charge in [0, 0.05) is 24.4 Å². The lowest BCUT2D eigenvalue weighted by Crippen LogP contribution is -2.23. The molecule has 3 heterocycles. The number of benzene rings is 1. The number of nitrogens with one attached hydrogen (secondary N) is 1. The average molecular weight is 380 g/mol. The maximum absolute atomic E-state index is 12.3. The molecule has 1 atom stereocenters. The fraction of sp³-hybridized carbons (Fsp3) is 0.300. The van der Waals surface area contributed by atoms with Crippen molar-refractivity contribution in [2.24, 2.45) is 0 Å². The highest BCUT2D eigenvalue weighted by atomic mass is 16.5. The summed E-state index contributed by atoms with van der Waals surface area (Å²) in [6.45, 7) is 1.39. The lowest BCUT2D eigenvalue weighted by molar-refractivity contribution is 0.0663. The molecule has 3 aromatic rings. The quantitative estimate of drug-likeness (QED) is 0.672. The lowest BCUT2D eigenvalue weighted by atomic mass is 10.2. The van der Waals surface area contributed by atoms with E-state index in [4.69, 9.17) is 14.0 Å². The molecule has 0 spiro atoms. The summed E-state index contributed by atoms with van der Waals surface area (Å²) in [5.74, 6) is 1.00. The Labute approximate surface area is 161 Å². The second-order valence-corrected chi connectivity index (χ2v) is 6.39. The molecule has 1 fully saturated rings. The van der Waals surface area contributed by atoms with Gasteiger partial charge in [0.2, 0.25) is 17.6 Å². The molecule has 1 aromatic carbocycles. The number of hydrogen-bond donors (Lipinski definition) is 1. The molecular weight excluding hydrogens is 360 g/mol. The van der Waals surface area contributed by atoms with Crippen LogP contribution >= 0.6 is 0 Å². The molecule has 1 aliphatic heterocycles. The predicted molar refractivity (Wildman–Crippen MR) is 99.6 cm³/mol. The number of pyridine rings is 1. The fourth-order valence-corrected chi connectivity index (χ4v) is 2.84. The van der Waals surface area contributed by atoms with E-state index >= 15 is 0 Å². The Morgan fingerprint density at radius 1 is 1.21 bits per heavy atom. The second-order valence-electron chi connectivity index (χ2n) is 6.39. The van der Waals surface area contributed by atoms with Crippen LogP contribution < -0.4 is 10.1 Å². The third-order valence-corrected chi connectivity index (χ3v) is 4.34. The standard InChI is InChI=1S/C20H20N4O4/c25-20(15-8-9-17(21-11-15)27-13-16-7-4-10-26-16)22-12-18-23-19(24-28-18)14-5-2-1-3-6-14/h1-3,5-6,8-9,11,16H,4,7,10,12-13H2,(H,22,25)/t16-/m1/s1. The van der Waals surface area contributed by atoms with Crippen molar-refractivity contribution in [2.75, 3.05) is 13.2 Å². The first kappa shape index (κ1) is 18.1. The van der Waals surface area contributed by atoms with Crippen molar-refractivity contribution >= 4 is 5.91 Å². The molecule has 144 valence electrons. The molecule has 1 N–H and O–H groups in total. The summed E-state index contributed by atoms with van der Waals surface area (Å²) in [6.07, 6.45) is 3.67. The zero-order chi connectivity index (χ0) is 19.2. The van der Waals surface area contributed by atoms with Gasteiger partial charge in [0.15, 0.2) is 0 Å². The van der Waals surface area contributed by atoms with Gasteiger partial charge in [-0.05, 0) is 18.9 Å². The first-order valence-corrected chi connectivity index (χ1v) is 9.14. The van der Waals surface area contributed by atoms with Crippen LogP contribution in [0.2, 0.25) is 0 Å². The second kappa shape index (κ2) is 8.62. The summed E-state index contributed by atoms with van der Waals surface area (Å²) >= 11 is 0. The third kappa shape index (κ3) is 4.52. The maximum atomic E-state index is 12.3. The van der Waals surface area contributed by atoms with Gasteiger partial charge < -0.3 is 19.3 Å². The van der Waals surface area contributed by atoms with Crippen LogP contribution in [0.25, 0.3) is 11.4 Å². The Hall–Kier alpha value is -3.26. The summed E-state index contributed by atoms with van der Waals surface area (Å²) in [6, 6.07) is 12.8. The van der Waals surface area contributed by atoms with Gasteiger partial charge in [-0.1, -0.05) is 35.5 Å². The zero-order valence-corrected chi connectivity index (χ0v) is 15.2. The Bertz CT molecular complexity index is 905. The highest BCUT2D eigenvalue weighted by molar-refractivity contribution is 5.93. The van der Waals surface area contributed by atoms with Crippen LogP contribution in [0.4, 0.5) is 0 Å². The molecule has 0 aliphatic carbocycles. The Morgan fingerprint density at radius 3 is 2.86 bits per heavy atom. The molecule has 0 bridgehead atoms. The minimum atomic E-state index is -0.280. The number of carbonyl (C=O) groups is 1. The summed E-state index contributed by atoms with van der Waals surface area (Å²) in [7, 11) is 0. The number of aromatic nitrogens is 3. The van der Waals surface area contributed by atoms with Gasteiger partial charge in [-0.25, -0.2) is 4.98 Å². The maximum Gasteiger partial charge on any atom is 0.253 e. The normalized spacial score (nSPS) is 16.1. The molecule has 1 amide bonds. The summed E-state index contributed by atoms with van der Waals surface area (Å²) in [4.78, 5) is 20.7. The van der Waals surface area contributed by atoms with E-state index in [2.05, 4.69) is 20.4 Å². The van der Waals surface area contributed by atoms with Crippen LogP contribution in [0, 0.1) is 0 Å². The van der Waals surface area contributed by atoms with Crippen molar-refractivity contribution in [1.82, 2.24) is 20.4 Å². The van der Waals surface area contributed by atoms with Crippen molar-refractivity contribution in [3.05, 3.63) is 60.1 Å². The smallest absolute Gasteiger partial charge is 0.253 e. The minimum absolute atomic E-state index is 0.125. The van der Waals surface area contributed by atoms with E-state index in [0.717, 1.165) is 25.0 Å². The molecule has 28 heavy (non-hydrogen) atoms. The van der Waals surface area contributed by atoms with E-state index in [1.165, 1.54) is 6.20 Å². The number of amides is 1. The highest BCUT2D eigenvalue weighted by Gasteiger charge is 2.16. The molecule has 8 nitrogen and oxygen atoms in total. The van der Waals surface area contributed by atoms with E-state index in [1.54, 1.807) is 12.1 Å². The lowest BCUT2D eigenvalue weighted by Gasteiger charge is -2.10. The summed E-state index contributed by atoms with van der Waals surface area (Å²) in [5.41, 5.74) is 1.28. The molecule has 4 rings (SSSR count). The summed E-state index contributed by atoms with van der Waals surface area (Å²) in [5, 5.41) is 6.67. The van der Waals surface area contributed by atoms with Crippen LogP contribution in [0.15, 0.2) is 53.2 Å². The van der Waals surface area contributed by atoms with Crippen LogP contribution in [-0.4, -0.2) is 40.3 Å². The Balaban J connectivity index is 1.28. The molecule has 0 unspecified atom stereocenters. The topological polar surface area (TPSA) is 99.4 Å². The van der Waals surface area contributed by atoms with Crippen LogP contribution in [-0.2, 0) is 11.3 Å². The van der Waals surface area contributed by atoms with Gasteiger partial charge in [0.05, 0.1) is 18.2 Å². The highest BCUT2D eigenvalue weighted by Crippen LogP contribution is 2.16. The van der Waals surface area contributed by atoms with Gasteiger partial charge in [-0.2, -0.15) is 4.98 Å². The largest absolute Gasteiger partial charge is 0.475 e. The van der Waals surface area contributed by atoms with E-state index in [1.807, 2.05) is 30.3 Å². The Kier molecular flexibility index (Phi) is 5.58. The minimum Gasteiger partial charge on any atom is -0.475 e. The molecule has 1 saturated heterocycles. The van der Waals surface area contributed by atoms with Crippen molar-refractivity contribution in [1.29, 1.82) is 0 Å². The van der Waals surface area contributed by atoms with Crippen molar-refractivity contribution in [3.8, 4) is 17.3 Å². The van der Waals surface area contributed by atoms with Gasteiger partial charge in [0.25, 0.3) is 5.91 Å². The van der Waals surface area contributed by atoms with Crippen LogP contribution in [0.3, 0.4) is 0 Å². The van der Waals surface area contributed by atoms with E-state index in [0.29, 0.717) is 29.8 Å². The number of ether oxygens (including phenoxy) is 2.